The quantitative estimate of drug-likeness (QED) is 0.340. The van der Waals surface area contributed by atoms with E-state index >= 15 is 0 Å². The van der Waals surface area contributed by atoms with E-state index in [4.69, 9.17) is 10.1 Å². The molecule has 0 saturated carbocycles. The number of hydrogen-bond donors (Lipinski definition) is 1. The number of hydrazone groups is 1. The number of thiazole rings is 1. The van der Waals surface area contributed by atoms with Gasteiger partial charge in [0.1, 0.15) is 0 Å². The molecule has 1 unspecified atom stereocenters. The smallest absolute Gasteiger partial charge is 0.282 e. The number of carbonyl (C=O) groups excluding carboxylic acids is 1. The molecule has 4 aromatic rings. The lowest BCUT2D eigenvalue weighted by molar-refractivity contribution is -0.116. The second kappa shape index (κ2) is 9.10. The van der Waals surface area contributed by atoms with Gasteiger partial charge in [-0.1, -0.05) is 77.7 Å². The maximum absolute atomic E-state index is 13.3. The van der Waals surface area contributed by atoms with Crippen molar-refractivity contribution in [3.63, 3.8) is 0 Å². The van der Waals surface area contributed by atoms with Crippen molar-refractivity contribution in [3.8, 4) is 0 Å². The average molecular weight is 549 g/mol. The van der Waals surface area contributed by atoms with Gasteiger partial charge in [0.25, 0.3) is 10.1 Å². The molecule has 186 valence electrons. The molecule has 1 atom stereocenters. The fourth-order valence-electron chi connectivity index (χ4n) is 4.44. The molecule has 1 amide bonds. The number of thioether (sulfide) groups is 1. The Hall–Kier alpha value is -3.51. The molecule has 0 aliphatic carbocycles. The van der Waals surface area contributed by atoms with Crippen LogP contribution in [0.15, 0.2) is 94.9 Å². The molecule has 1 N–H and O–H groups in total. The summed E-state index contributed by atoms with van der Waals surface area (Å²) in [4.78, 5) is 18.5. The van der Waals surface area contributed by atoms with Crippen LogP contribution >= 0.6 is 23.1 Å². The van der Waals surface area contributed by atoms with E-state index in [2.05, 4.69) is 0 Å². The van der Waals surface area contributed by atoms with Crippen molar-refractivity contribution < 1.29 is 17.8 Å². The number of benzene rings is 3. The Bertz CT molecular complexity index is 1650. The molecule has 2 aliphatic rings. The first-order chi connectivity index (χ1) is 17.8. The van der Waals surface area contributed by atoms with Gasteiger partial charge in [-0.25, -0.2) is 9.99 Å². The van der Waals surface area contributed by atoms with Gasteiger partial charge in [0.05, 0.1) is 32.3 Å². The van der Waals surface area contributed by atoms with E-state index in [-0.39, 0.29) is 16.6 Å². The number of carbonyl (C=O) groups is 1. The maximum Gasteiger partial charge on any atom is 0.294 e. The highest BCUT2D eigenvalue weighted by molar-refractivity contribution is 8.02. The SMILES string of the molecule is O=C1CSC2(CC(/C=C/c3ccccc3)=NN2c2cccc(S(=O)(=O)O)c2)N1c1nc2ccccc2s1. The van der Waals surface area contributed by atoms with E-state index in [1.807, 2.05) is 66.7 Å². The van der Waals surface area contributed by atoms with Crippen LogP contribution in [0.4, 0.5) is 10.8 Å². The Morgan fingerprint density at radius 2 is 1.76 bits per heavy atom. The number of anilines is 2. The largest absolute Gasteiger partial charge is 0.294 e. The van der Waals surface area contributed by atoms with Crippen LogP contribution in [-0.4, -0.2) is 40.3 Å². The number of allylic oxidation sites excluding steroid dienone is 1. The summed E-state index contributed by atoms with van der Waals surface area (Å²) in [6.45, 7) is 0. The summed E-state index contributed by atoms with van der Waals surface area (Å²) < 4.78 is 34.4. The summed E-state index contributed by atoms with van der Waals surface area (Å²) in [5.74, 6) is 0.110. The molecule has 8 nitrogen and oxygen atoms in total. The minimum atomic E-state index is -4.43. The Morgan fingerprint density at radius 3 is 2.54 bits per heavy atom. The number of para-hydroxylation sites is 1. The van der Waals surface area contributed by atoms with Crippen LogP contribution in [-0.2, 0) is 14.9 Å². The van der Waals surface area contributed by atoms with Gasteiger partial charge < -0.3 is 0 Å². The van der Waals surface area contributed by atoms with Crippen LogP contribution in [0, 0.1) is 0 Å². The van der Waals surface area contributed by atoms with E-state index in [1.54, 1.807) is 22.0 Å². The molecule has 2 aliphatic heterocycles. The Balaban J connectivity index is 1.48. The van der Waals surface area contributed by atoms with Gasteiger partial charge in [-0.2, -0.15) is 13.5 Å². The summed E-state index contributed by atoms with van der Waals surface area (Å²) in [6, 6.07) is 23.4. The second-order valence-corrected chi connectivity index (χ2v) is 12.2. The minimum absolute atomic E-state index is 0.108. The Morgan fingerprint density at radius 1 is 0.973 bits per heavy atom. The number of nitrogens with zero attached hydrogens (tertiary/aromatic N) is 4. The van der Waals surface area contributed by atoms with Crippen LogP contribution in [0.1, 0.15) is 12.0 Å². The lowest BCUT2D eigenvalue weighted by atomic mass is 10.1. The highest BCUT2D eigenvalue weighted by atomic mass is 32.2. The summed E-state index contributed by atoms with van der Waals surface area (Å²) in [7, 11) is -4.43. The van der Waals surface area contributed by atoms with Crippen LogP contribution in [0.3, 0.4) is 0 Å². The maximum atomic E-state index is 13.3. The summed E-state index contributed by atoms with van der Waals surface area (Å²) >= 11 is 2.85. The molecule has 1 saturated heterocycles. The number of amides is 1. The van der Waals surface area contributed by atoms with Crippen LogP contribution < -0.4 is 9.91 Å². The first-order valence-corrected chi connectivity index (χ1v) is 14.6. The highest BCUT2D eigenvalue weighted by Gasteiger charge is 2.56. The molecular formula is C26H20N4O4S3. The molecule has 3 heterocycles. The van der Waals surface area contributed by atoms with Crippen LogP contribution in [0.5, 0.6) is 0 Å². The third-order valence-corrected chi connectivity index (χ3v) is 9.32. The topological polar surface area (TPSA) is 103 Å². The standard InChI is InChI=1S/C26H20N4O4S3/c31-24-17-35-26(29(24)25-27-22-11-4-5-12-23(22)36-25)16-19(14-13-18-7-2-1-3-8-18)28-30(26)20-9-6-10-21(15-20)37(32,33)34/h1-15H,16-17H2,(H,32,33,34)/b14-13+. The monoisotopic (exact) mass is 548 g/mol. The zero-order valence-corrected chi connectivity index (χ0v) is 21.7. The molecule has 1 aromatic heterocycles. The van der Waals surface area contributed by atoms with Gasteiger partial charge in [-0.3, -0.25) is 14.2 Å². The van der Waals surface area contributed by atoms with Gasteiger partial charge in [-0.15, -0.1) is 0 Å². The van der Waals surface area contributed by atoms with Crippen molar-refractivity contribution in [2.24, 2.45) is 5.10 Å². The van der Waals surface area contributed by atoms with Crippen molar-refractivity contribution in [1.82, 2.24) is 4.98 Å². The fourth-order valence-corrected chi connectivity index (χ4v) is 7.38. The first kappa shape index (κ1) is 23.9. The van der Waals surface area contributed by atoms with Gasteiger partial charge in [0.15, 0.2) is 10.1 Å². The molecule has 11 heteroatoms. The number of rotatable bonds is 5. The zero-order chi connectivity index (χ0) is 25.6. The van der Waals surface area contributed by atoms with Crippen molar-refractivity contribution in [2.45, 2.75) is 16.3 Å². The minimum Gasteiger partial charge on any atom is -0.282 e. The van der Waals surface area contributed by atoms with Crippen LogP contribution in [0.2, 0.25) is 0 Å². The van der Waals surface area contributed by atoms with Crippen molar-refractivity contribution in [1.29, 1.82) is 0 Å². The second-order valence-electron chi connectivity index (χ2n) is 8.52. The lowest BCUT2D eigenvalue weighted by Crippen LogP contribution is -2.53. The molecular weight excluding hydrogens is 529 g/mol. The van der Waals surface area contributed by atoms with Gasteiger partial charge >= 0.3 is 0 Å². The third kappa shape index (κ3) is 4.33. The van der Waals surface area contributed by atoms with Crippen molar-refractivity contribution >= 4 is 71.9 Å². The molecule has 37 heavy (non-hydrogen) atoms. The van der Waals surface area contributed by atoms with Crippen molar-refractivity contribution in [3.05, 3.63) is 90.5 Å². The molecule has 0 bridgehead atoms. The van der Waals surface area contributed by atoms with Gasteiger partial charge in [0, 0.05) is 6.42 Å². The highest BCUT2D eigenvalue weighted by Crippen LogP contribution is 2.51. The summed E-state index contributed by atoms with van der Waals surface area (Å²) in [5.41, 5.74) is 2.95. The van der Waals surface area contributed by atoms with E-state index in [0.717, 1.165) is 21.5 Å². The number of fused-ring (bicyclic) bond motifs is 1. The third-order valence-electron chi connectivity index (χ3n) is 6.10. The number of aromatic nitrogens is 1. The van der Waals surface area contributed by atoms with Crippen molar-refractivity contribution in [2.75, 3.05) is 15.7 Å². The van der Waals surface area contributed by atoms with Gasteiger partial charge in [-0.05, 0) is 42.0 Å². The first-order valence-electron chi connectivity index (χ1n) is 11.3. The van der Waals surface area contributed by atoms with E-state index in [9.17, 15) is 17.8 Å². The summed E-state index contributed by atoms with van der Waals surface area (Å²) in [6.07, 6.45) is 4.25. The molecule has 0 radical (unpaired) electrons. The Labute approximate surface area is 221 Å². The normalized spacial score (nSPS) is 20.0. The number of hydrogen-bond acceptors (Lipinski definition) is 8. The van der Waals surface area contributed by atoms with E-state index < -0.39 is 15.1 Å². The van der Waals surface area contributed by atoms with Gasteiger partial charge in [0.2, 0.25) is 5.91 Å². The molecule has 1 fully saturated rings. The fraction of sp³-hybridized carbons (Fsp3) is 0.115. The lowest BCUT2D eigenvalue weighted by Gasteiger charge is -2.39. The molecule has 6 rings (SSSR count). The Kier molecular flexibility index (Phi) is 5.87. The van der Waals surface area contributed by atoms with E-state index in [0.29, 0.717) is 17.2 Å². The van der Waals surface area contributed by atoms with Crippen LogP contribution in [0.25, 0.3) is 16.3 Å². The average Bonchev–Trinajstić information content (AvgIpc) is 3.58. The molecule has 3 aromatic carbocycles. The molecule has 1 spiro atoms. The predicted molar refractivity (Wildman–Crippen MR) is 149 cm³/mol. The predicted octanol–water partition coefficient (Wildman–Crippen LogP) is 5.26. The van der Waals surface area contributed by atoms with E-state index in [1.165, 1.54) is 35.2 Å². The zero-order valence-electron chi connectivity index (χ0n) is 19.3. The summed E-state index contributed by atoms with van der Waals surface area (Å²) in [5, 5.41) is 7.07.